The zero-order valence-electron chi connectivity index (χ0n) is 14.2. The lowest BCUT2D eigenvalue weighted by Gasteiger charge is -2.24. The predicted octanol–water partition coefficient (Wildman–Crippen LogP) is 3.33. The highest BCUT2D eigenvalue weighted by atomic mass is 32.1. The second-order valence-corrected chi connectivity index (χ2v) is 7.19. The Kier molecular flexibility index (Phi) is 4.67. The van der Waals surface area contributed by atoms with Crippen molar-refractivity contribution < 1.29 is 4.79 Å². The number of aromatic nitrogens is 2. The van der Waals surface area contributed by atoms with E-state index in [1.807, 2.05) is 40.6 Å². The van der Waals surface area contributed by atoms with Crippen LogP contribution in [0.4, 0.5) is 0 Å². The topological polar surface area (TPSA) is 55.2 Å². The molecule has 3 aromatic rings. The number of carbonyl (C=O) groups is 1. The van der Waals surface area contributed by atoms with Crippen LogP contribution in [0.3, 0.4) is 0 Å². The third-order valence-electron chi connectivity index (χ3n) is 4.70. The van der Waals surface area contributed by atoms with E-state index < -0.39 is 0 Å². The number of carbonyl (C=O) groups excluding carboxylic acids is 1. The van der Waals surface area contributed by atoms with Crippen LogP contribution >= 0.6 is 11.3 Å². The summed E-state index contributed by atoms with van der Waals surface area (Å²) in [4.78, 5) is 27.0. The summed E-state index contributed by atoms with van der Waals surface area (Å²) >= 11 is 1.64. The molecule has 1 aliphatic rings. The van der Waals surface area contributed by atoms with Crippen LogP contribution in [0.25, 0.3) is 0 Å². The summed E-state index contributed by atoms with van der Waals surface area (Å²) in [5.41, 5.74) is 2.27. The minimum absolute atomic E-state index is 0.102. The molecule has 2 aromatic heterocycles. The van der Waals surface area contributed by atoms with Gasteiger partial charge < -0.3 is 4.90 Å². The van der Waals surface area contributed by atoms with Gasteiger partial charge >= 0.3 is 0 Å². The highest BCUT2D eigenvalue weighted by Gasteiger charge is 2.31. The lowest BCUT2D eigenvalue weighted by atomic mass is 10.1. The minimum Gasteiger partial charge on any atom is -0.330 e. The zero-order chi connectivity index (χ0) is 17.9. The molecular weight excluding hydrogens is 346 g/mol. The van der Waals surface area contributed by atoms with Gasteiger partial charge in [-0.15, -0.1) is 0 Å². The molecule has 1 aromatic carbocycles. The normalized spacial score (nSPS) is 16.8. The summed E-state index contributed by atoms with van der Waals surface area (Å²) in [5, 5.41) is 8.48. The maximum absolute atomic E-state index is 13.0. The Labute approximate surface area is 155 Å². The van der Waals surface area contributed by atoms with Crippen LogP contribution in [0.1, 0.15) is 40.5 Å². The van der Waals surface area contributed by atoms with E-state index in [1.165, 1.54) is 22.4 Å². The third kappa shape index (κ3) is 3.32. The second-order valence-electron chi connectivity index (χ2n) is 6.41. The molecule has 132 valence electrons. The summed E-state index contributed by atoms with van der Waals surface area (Å²) < 4.78 is 1.36. The Morgan fingerprint density at radius 2 is 2.00 bits per heavy atom. The fraction of sp³-hybridized carbons (Fsp3) is 0.250. The van der Waals surface area contributed by atoms with E-state index in [2.05, 4.69) is 16.5 Å². The number of nitrogens with zero attached hydrogens (tertiary/aromatic N) is 3. The van der Waals surface area contributed by atoms with E-state index in [1.54, 1.807) is 11.3 Å². The fourth-order valence-electron chi connectivity index (χ4n) is 3.40. The van der Waals surface area contributed by atoms with Crippen LogP contribution in [0, 0.1) is 0 Å². The van der Waals surface area contributed by atoms with E-state index >= 15 is 0 Å². The Hall–Kier alpha value is -2.73. The van der Waals surface area contributed by atoms with E-state index in [4.69, 9.17) is 0 Å². The van der Waals surface area contributed by atoms with Gasteiger partial charge in [0.05, 0.1) is 12.6 Å². The molecule has 5 nitrogen and oxygen atoms in total. The summed E-state index contributed by atoms with van der Waals surface area (Å²) in [6, 6.07) is 14.8. The van der Waals surface area contributed by atoms with Crippen molar-refractivity contribution in [1.82, 2.24) is 14.7 Å². The van der Waals surface area contributed by atoms with Crippen molar-refractivity contribution in [2.45, 2.75) is 25.4 Å². The first-order valence-corrected chi connectivity index (χ1v) is 9.62. The molecule has 26 heavy (non-hydrogen) atoms. The van der Waals surface area contributed by atoms with Crippen LogP contribution in [0.5, 0.6) is 0 Å². The first-order valence-electron chi connectivity index (χ1n) is 8.67. The van der Waals surface area contributed by atoms with Gasteiger partial charge in [0.25, 0.3) is 11.5 Å². The van der Waals surface area contributed by atoms with Gasteiger partial charge in [-0.05, 0) is 46.9 Å². The number of hydrogen-bond donors (Lipinski definition) is 0. The lowest BCUT2D eigenvalue weighted by Crippen LogP contribution is -2.33. The maximum atomic E-state index is 13.0. The molecule has 1 amide bonds. The summed E-state index contributed by atoms with van der Waals surface area (Å²) in [6.45, 7) is 1.08. The van der Waals surface area contributed by atoms with Crippen LogP contribution in [0.2, 0.25) is 0 Å². The molecule has 0 aliphatic carbocycles. The number of amides is 1. The zero-order valence-corrected chi connectivity index (χ0v) is 15.1. The largest absolute Gasteiger partial charge is 0.330 e. The highest BCUT2D eigenvalue weighted by Crippen LogP contribution is 2.33. The lowest BCUT2D eigenvalue weighted by molar-refractivity contribution is 0.0727. The summed E-state index contributed by atoms with van der Waals surface area (Å²) in [5.74, 6) is -0.111. The third-order valence-corrected chi connectivity index (χ3v) is 5.40. The predicted molar refractivity (Wildman–Crippen MR) is 101 cm³/mol. The number of benzene rings is 1. The molecule has 1 saturated heterocycles. The average molecular weight is 365 g/mol. The summed E-state index contributed by atoms with van der Waals surface area (Å²) in [6.07, 6.45) is 1.95. The van der Waals surface area contributed by atoms with Crippen molar-refractivity contribution in [3.8, 4) is 0 Å². The first-order chi connectivity index (χ1) is 12.7. The molecule has 0 spiro atoms. The number of rotatable bonds is 4. The molecule has 6 heteroatoms. The van der Waals surface area contributed by atoms with E-state index in [9.17, 15) is 9.59 Å². The van der Waals surface area contributed by atoms with Crippen molar-refractivity contribution in [3.63, 3.8) is 0 Å². The Balaban J connectivity index is 1.60. The SMILES string of the molecule is O=C(c1ccc(=O)n(Cc2ccccc2)n1)N1CCC[C@H]1c1ccsc1. The van der Waals surface area contributed by atoms with Crippen LogP contribution in [0.15, 0.2) is 64.1 Å². The van der Waals surface area contributed by atoms with Crippen molar-refractivity contribution in [2.24, 2.45) is 0 Å². The van der Waals surface area contributed by atoms with E-state index in [0.717, 1.165) is 24.9 Å². The van der Waals surface area contributed by atoms with Crippen molar-refractivity contribution in [3.05, 3.63) is 86.5 Å². The first kappa shape index (κ1) is 16.7. The highest BCUT2D eigenvalue weighted by molar-refractivity contribution is 7.08. The van der Waals surface area contributed by atoms with Gasteiger partial charge in [-0.3, -0.25) is 9.59 Å². The van der Waals surface area contributed by atoms with E-state index in [0.29, 0.717) is 12.2 Å². The van der Waals surface area contributed by atoms with Gasteiger partial charge in [-0.1, -0.05) is 30.3 Å². The van der Waals surface area contributed by atoms with Crippen LogP contribution in [-0.2, 0) is 6.54 Å². The molecule has 1 aliphatic heterocycles. The van der Waals surface area contributed by atoms with Gasteiger partial charge in [-0.25, -0.2) is 4.68 Å². The Bertz CT molecular complexity index is 951. The number of thiophene rings is 1. The molecule has 0 saturated carbocycles. The maximum Gasteiger partial charge on any atom is 0.274 e. The molecule has 1 atom stereocenters. The summed E-state index contributed by atoms with van der Waals surface area (Å²) in [7, 11) is 0. The van der Waals surface area contributed by atoms with Crippen molar-refractivity contribution in [1.29, 1.82) is 0 Å². The van der Waals surface area contributed by atoms with Gasteiger partial charge in [0.15, 0.2) is 0 Å². The molecule has 0 bridgehead atoms. The van der Waals surface area contributed by atoms with Crippen molar-refractivity contribution in [2.75, 3.05) is 6.54 Å². The van der Waals surface area contributed by atoms with E-state index in [-0.39, 0.29) is 17.5 Å². The number of likely N-dealkylation sites (tertiary alicyclic amines) is 1. The minimum atomic E-state index is -0.207. The molecule has 0 N–H and O–H groups in total. The fourth-order valence-corrected chi connectivity index (χ4v) is 4.11. The molecule has 0 unspecified atom stereocenters. The quantitative estimate of drug-likeness (QED) is 0.713. The van der Waals surface area contributed by atoms with Crippen LogP contribution < -0.4 is 5.56 Å². The van der Waals surface area contributed by atoms with Gasteiger partial charge in [0, 0.05) is 12.6 Å². The second kappa shape index (κ2) is 7.25. The molecule has 3 heterocycles. The standard InChI is InChI=1S/C20H19N3O2S/c24-19-9-8-17(21-23(19)13-15-5-2-1-3-6-15)20(25)22-11-4-7-18(22)16-10-12-26-14-16/h1-3,5-6,8-10,12,14,18H,4,7,11,13H2/t18-/m0/s1. The Morgan fingerprint density at radius 3 is 2.77 bits per heavy atom. The average Bonchev–Trinajstić information content (AvgIpc) is 3.35. The van der Waals surface area contributed by atoms with Crippen LogP contribution in [-0.4, -0.2) is 27.1 Å². The van der Waals surface area contributed by atoms with Gasteiger partial charge in [0.2, 0.25) is 0 Å². The molecule has 4 rings (SSSR count). The molecule has 1 fully saturated rings. The smallest absolute Gasteiger partial charge is 0.274 e. The molecular formula is C20H19N3O2S. The van der Waals surface area contributed by atoms with Gasteiger partial charge in [0.1, 0.15) is 5.69 Å². The Morgan fingerprint density at radius 1 is 1.15 bits per heavy atom. The van der Waals surface area contributed by atoms with Gasteiger partial charge in [-0.2, -0.15) is 16.4 Å². The monoisotopic (exact) mass is 365 g/mol. The van der Waals surface area contributed by atoms with Crippen molar-refractivity contribution >= 4 is 17.2 Å². The number of hydrogen-bond acceptors (Lipinski definition) is 4. The molecule has 0 radical (unpaired) electrons.